The van der Waals surface area contributed by atoms with Gasteiger partial charge in [0.1, 0.15) is 10.7 Å². The molecule has 2 N–H and O–H groups in total. The van der Waals surface area contributed by atoms with Crippen LogP contribution in [0.2, 0.25) is 0 Å². The quantitative estimate of drug-likeness (QED) is 0.539. The highest BCUT2D eigenvalue weighted by Crippen LogP contribution is 2.38. The third-order valence-electron chi connectivity index (χ3n) is 5.29. The minimum atomic E-state index is -0.736. The molecule has 0 radical (unpaired) electrons. The van der Waals surface area contributed by atoms with Crippen molar-refractivity contribution in [1.29, 1.82) is 0 Å². The third-order valence-corrected chi connectivity index (χ3v) is 6.50. The zero-order valence-electron chi connectivity index (χ0n) is 17.9. The summed E-state index contributed by atoms with van der Waals surface area (Å²) in [7, 11) is 1.68. The van der Waals surface area contributed by atoms with Crippen molar-refractivity contribution < 1.29 is 23.9 Å². The number of nitrogens with one attached hydrogen (secondary N) is 2. The molecule has 0 saturated heterocycles. The largest absolute Gasteiger partial charge is 0.452 e. The van der Waals surface area contributed by atoms with Crippen molar-refractivity contribution >= 4 is 40.0 Å². The molecular weight excluding hydrogens is 444 g/mol. The molecule has 10 heteroatoms. The van der Waals surface area contributed by atoms with E-state index >= 15 is 0 Å². The number of carbonyl (C=O) groups excluding carboxylic acids is 4. The SMILES string of the molecule is Cn1cccc1C(=O)NC(=O)COC(=O)c1c(NC(=O)c2cccnc2)sc2c1CCCC2. The van der Waals surface area contributed by atoms with Crippen molar-refractivity contribution in [3.63, 3.8) is 0 Å². The lowest BCUT2D eigenvalue weighted by Crippen LogP contribution is -2.35. The number of hydrogen-bond donors (Lipinski definition) is 2. The number of aryl methyl sites for hydroxylation is 2. The number of nitrogens with zero attached hydrogens (tertiary/aromatic N) is 2. The van der Waals surface area contributed by atoms with E-state index in [0.29, 0.717) is 22.7 Å². The summed E-state index contributed by atoms with van der Waals surface area (Å²) >= 11 is 1.35. The van der Waals surface area contributed by atoms with Gasteiger partial charge in [-0.2, -0.15) is 0 Å². The van der Waals surface area contributed by atoms with Crippen LogP contribution in [-0.4, -0.2) is 39.8 Å². The predicted molar refractivity (Wildman–Crippen MR) is 121 cm³/mol. The number of aromatic nitrogens is 2. The summed E-state index contributed by atoms with van der Waals surface area (Å²) in [5.41, 5.74) is 1.79. The second-order valence-corrected chi connectivity index (χ2v) is 8.67. The second kappa shape index (κ2) is 9.78. The molecule has 0 spiro atoms. The number of anilines is 1. The molecule has 170 valence electrons. The van der Waals surface area contributed by atoms with Crippen molar-refractivity contribution in [3.05, 3.63) is 70.1 Å². The van der Waals surface area contributed by atoms with Gasteiger partial charge in [-0.05, 0) is 55.5 Å². The van der Waals surface area contributed by atoms with Gasteiger partial charge in [-0.15, -0.1) is 11.3 Å². The summed E-state index contributed by atoms with van der Waals surface area (Å²) in [6.45, 7) is -0.615. The van der Waals surface area contributed by atoms with Gasteiger partial charge in [-0.25, -0.2) is 4.79 Å². The minimum Gasteiger partial charge on any atom is -0.452 e. The normalized spacial score (nSPS) is 12.5. The summed E-state index contributed by atoms with van der Waals surface area (Å²) in [5, 5.41) is 5.39. The fourth-order valence-corrected chi connectivity index (χ4v) is 4.94. The van der Waals surface area contributed by atoms with Crippen molar-refractivity contribution in [2.75, 3.05) is 11.9 Å². The number of fused-ring (bicyclic) bond motifs is 1. The first-order valence-electron chi connectivity index (χ1n) is 10.4. The van der Waals surface area contributed by atoms with Crippen LogP contribution in [0.4, 0.5) is 5.00 Å². The maximum atomic E-state index is 12.9. The average Bonchev–Trinajstić information content (AvgIpc) is 3.41. The van der Waals surface area contributed by atoms with E-state index in [1.807, 2.05) is 0 Å². The number of imide groups is 1. The number of thiophene rings is 1. The average molecular weight is 467 g/mol. The van der Waals surface area contributed by atoms with Crippen molar-refractivity contribution in [2.45, 2.75) is 25.7 Å². The topological polar surface area (TPSA) is 119 Å². The Kier molecular flexibility index (Phi) is 6.64. The van der Waals surface area contributed by atoms with Crippen LogP contribution in [0, 0.1) is 0 Å². The van der Waals surface area contributed by atoms with Crippen LogP contribution < -0.4 is 10.6 Å². The van der Waals surface area contributed by atoms with Crippen molar-refractivity contribution in [2.24, 2.45) is 7.05 Å². The molecule has 0 bridgehead atoms. The second-order valence-electron chi connectivity index (χ2n) is 7.57. The summed E-state index contributed by atoms with van der Waals surface area (Å²) in [6.07, 6.45) is 8.12. The monoisotopic (exact) mass is 466 g/mol. The number of pyridine rings is 1. The van der Waals surface area contributed by atoms with Crippen LogP contribution in [0.3, 0.4) is 0 Å². The van der Waals surface area contributed by atoms with E-state index in [9.17, 15) is 19.2 Å². The molecule has 0 fully saturated rings. The number of esters is 1. The zero-order chi connectivity index (χ0) is 23.4. The van der Waals surface area contributed by atoms with Gasteiger partial charge in [-0.1, -0.05) is 0 Å². The summed E-state index contributed by atoms with van der Waals surface area (Å²) < 4.78 is 6.80. The fourth-order valence-electron chi connectivity index (χ4n) is 3.67. The lowest BCUT2D eigenvalue weighted by atomic mass is 9.95. The number of amides is 3. The number of rotatable bonds is 6. The van der Waals surface area contributed by atoms with Gasteiger partial charge >= 0.3 is 5.97 Å². The van der Waals surface area contributed by atoms with Crippen LogP contribution >= 0.6 is 11.3 Å². The lowest BCUT2D eigenvalue weighted by Gasteiger charge is -2.13. The highest BCUT2D eigenvalue weighted by molar-refractivity contribution is 7.17. The first kappa shape index (κ1) is 22.4. The highest BCUT2D eigenvalue weighted by Gasteiger charge is 2.28. The maximum Gasteiger partial charge on any atom is 0.341 e. The van der Waals surface area contributed by atoms with Crippen LogP contribution in [0.15, 0.2) is 42.9 Å². The van der Waals surface area contributed by atoms with Gasteiger partial charge < -0.3 is 14.6 Å². The van der Waals surface area contributed by atoms with E-state index in [0.717, 1.165) is 29.7 Å². The molecule has 0 unspecified atom stereocenters. The molecular formula is C23H22N4O5S. The Morgan fingerprint density at radius 3 is 2.67 bits per heavy atom. The van der Waals surface area contributed by atoms with Crippen molar-refractivity contribution in [3.8, 4) is 0 Å². The van der Waals surface area contributed by atoms with Gasteiger partial charge in [-0.3, -0.25) is 24.7 Å². The number of hydrogen-bond acceptors (Lipinski definition) is 7. The van der Waals surface area contributed by atoms with Gasteiger partial charge in [0.05, 0.1) is 11.1 Å². The maximum absolute atomic E-state index is 12.9. The van der Waals surface area contributed by atoms with Crippen molar-refractivity contribution in [1.82, 2.24) is 14.9 Å². The lowest BCUT2D eigenvalue weighted by molar-refractivity contribution is -0.123. The number of ether oxygens (including phenoxy) is 1. The van der Waals surface area contributed by atoms with E-state index in [2.05, 4.69) is 15.6 Å². The Morgan fingerprint density at radius 2 is 1.94 bits per heavy atom. The van der Waals surface area contributed by atoms with E-state index in [1.54, 1.807) is 48.3 Å². The van der Waals surface area contributed by atoms with E-state index in [-0.39, 0.29) is 11.5 Å². The molecule has 33 heavy (non-hydrogen) atoms. The summed E-state index contributed by atoms with van der Waals surface area (Å²) in [5.74, 6) is -2.42. The smallest absolute Gasteiger partial charge is 0.341 e. The molecule has 4 rings (SSSR count). The first-order valence-corrected chi connectivity index (χ1v) is 11.2. The number of carbonyl (C=O) groups is 4. The minimum absolute atomic E-state index is 0.272. The van der Waals surface area contributed by atoms with E-state index < -0.39 is 24.4 Å². The molecule has 0 aliphatic heterocycles. The predicted octanol–water partition coefficient (Wildman–Crippen LogP) is 2.73. The molecule has 3 aromatic heterocycles. The van der Waals surface area contributed by atoms with Gasteiger partial charge in [0.25, 0.3) is 17.7 Å². The summed E-state index contributed by atoms with van der Waals surface area (Å²) in [4.78, 5) is 54.9. The van der Waals surface area contributed by atoms with Crippen LogP contribution in [-0.2, 0) is 29.4 Å². The molecule has 0 aromatic carbocycles. The zero-order valence-corrected chi connectivity index (χ0v) is 18.7. The first-order chi connectivity index (χ1) is 15.9. The Balaban J connectivity index is 1.46. The molecule has 3 aromatic rings. The molecule has 3 heterocycles. The Morgan fingerprint density at radius 1 is 1.12 bits per heavy atom. The van der Waals surface area contributed by atoms with E-state index in [4.69, 9.17) is 4.74 Å². The highest BCUT2D eigenvalue weighted by atomic mass is 32.1. The molecule has 0 saturated carbocycles. The van der Waals surface area contributed by atoms with Crippen LogP contribution in [0.1, 0.15) is 54.5 Å². The Bertz CT molecular complexity index is 1210. The molecule has 9 nitrogen and oxygen atoms in total. The third kappa shape index (κ3) is 5.01. The summed E-state index contributed by atoms with van der Waals surface area (Å²) in [6, 6.07) is 6.53. The molecule has 1 aliphatic carbocycles. The standard InChI is InChI=1S/C23H22N4O5S/c1-27-11-5-8-16(27)21(30)25-18(28)13-32-23(31)19-15-7-2-3-9-17(15)33-22(19)26-20(29)14-6-4-10-24-12-14/h4-6,8,10-12H,2-3,7,9,13H2,1H3,(H,26,29)(H,25,28,30). The van der Waals surface area contributed by atoms with E-state index in [1.165, 1.54) is 17.5 Å². The Labute approximate surface area is 193 Å². The van der Waals surface area contributed by atoms with Gasteiger partial charge in [0.15, 0.2) is 6.61 Å². The fraction of sp³-hybridized carbons (Fsp3) is 0.261. The van der Waals surface area contributed by atoms with Crippen LogP contribution in [0.5, 0.6) is 0 Å². The van der Waals surface area contributed by atoms with Gasteiger partial charge in [0.2, 0.25) is 0 Å². The molecule has 3 amide bonds. The molecule has 0 atom stereocenters. The van der Waals surface area contributed by atoms with Gasteiger partial charge in [0, 0.05) is 30.5 Å². The Hall–Kier alpha value is -3.79. The molecule has 1 aliphatic rings. The van der Waals surface area contributed by atoms with Crippen LogP contribution in [0.25, 0.3) is 0 Å².